The van der Waals surface area contributed by atoms with Gasteiger partial charge in [-0.25, -0.2) is 0 Å². The number of carbonyl (C=O) groups excluding carboxylic acids is 1. The first-order chi connectivity index (χ1) is 9.78. The summed E-state index contributed by atoms with van der Waals surface area (Å²) in [5.41, 5.74) is 1.41. The Morgan fingerprint density at radius 1 is 1.10 bits per heavy atom. The van der Waals surface area contributed by atoms with E-state index in [0.717, 1.165) is 26.2 Å². The molecule has 110 valence electrons. The standard InChI is InChI=1S/C16H24N2O2/c1-2-20-16(19)8-9-17-10-12-18(13-11-17)14-15-6-4-3-5-7-15/h3-7H,2,8-14H2,1H3/p+2. The number of nitrogens with one attached hydrogen (secondary N) is 2. The van der Waals surface area contributed by atoms with E-state index in [2.05, 4.69) is 30.3 Å². The molecule has 4 nitrogen and oxygen atoms in total. The molecule has 4 heteroatoms. The first-order valence-electron chi connectivity index (χ1n) is 7.64. The summed E-state index contributed by atoms with van der Waals surface area (Å²) in [6.07, 6.45) is 0.553. The lowest BCUT2D eigenvalue weighted by molar-refractivity contribution is -1.02. The van der Waals surface area contributed by atoms with E-state index in [1.807, 2.05) is 6.92 Å². The van der Waals surface area contributed by atoms with Gasteiger partial charge in [-0.05, 0) is 6.92 Å². The van der Waals surface area contributed by atoms with Gasteiger partial charge in [0.25, 0.3) is 0 Å². The molecule has 1 aromatic rings. The lowest BCUT2D eigenvalue weighted by atomic mass is 10.2. The SMILES string of the molecule is CCOC(=O)CC[NH+]1CC[NH+](Cc2ccccc2)CC1. The van der Waals surface area contributed by atoms with Gasteiger partial charge in [0.2, 0.25) is 0 Å². The molecule has 20 heavy (non-hydrogen) atoms. The monoisotopic (exact) mass is 278 g/mol. The number of esters is 1. The van der Waals surface area contributed by atoms with Crippen LogP contribution in [0.5, 0.6) is 0 Å². The Kier molecular flexibility index (Phi) is 6.02. The molecule has 0 bridgehead atoms. The van der Waals surface area contributed by atoms with Gasteiger partial charge in [-0.2, -0.15) is 0 Å². The molecule has 0 atom stereocenters. The zero-order valence-corrected chi connectivity index (χ0v) is 12.4. The summed E-state index contributed by atoms with van der Waals surface area (Å²) in [5, 5.41) is 0. The van der Waals surface area contributed by atoms with Crippen LogP contribution in [0.3, 0.4) is 0 Å². The summed E-state index contributed by atoms with van der Waals surface area (Å²) >= 11 is 0. The summed E-state index contributed by atoms with van der Waals surface area (Å²) in [7, 11) is 0. The molecular formula is C16H26N2O2+2. The molecule has 0 amide bonds. The molecule has 1 aromatic carbocycles. The number of ether oxygens (including phenoxy) is 1. The molecule has 2 N–H and O–H groups in total. The number of quaternary nitrogens is 2. The highest BCUT2D eigenvalue weighted by Gasteiger charge is 2.23. The van der Waals surface area contributed by atoms with Crippen molar-refractivity contribution in [2.24, 2.45) is 0 Å². The summed E-state index contributed by atoms with van der Waals surface area (Å²) in [4.78, 5) is 14.5. The van der Waals surface area contributed by atoms with E-state index in [1.165, 1.54) is 23.6 Å². The maximum Gasteiger partial charge on any atom is 0.311 e. The van der Waals surface area contributed by atoms with Crippen LogP contribution in [0.2, 0.25) is 0 Å². The third-order valence-electron chi connectivity index (χ3n) is 3.95. The fourth-order valence-corrected chi connectivity index (χ4v) is 2.78. The van der Waals surface area contributed by atoms with E-state index in [-0.39, 0.29) is 5.97 Å². The number of benzene rings is 1. The van der Waals surface area contributed by atoms with Crippen LogP contribution in [0.1, 0.15) is 18.9 Å². The molecule has 0 aromatic heterocycles. The average Bonchev–Trinajstić information content (AvgIpc) is 2.48. The minimum Gasteiger partial charge on any atom is -0.466 e. The fourth-order valence-electron chi connectivity index (χ4n) is 2.78. The Bertz CT molecular complexity index is 400. The molecule has 0 aliphatic carbocycles. The molecule has 0 saturated carbocycles. The van der Waals surface area contributed by atoms with Crippen molar-refractivity contribution in [2.75, 3.05) is 39.3 Å². The van der Waals surface area contributed by atoms with Crippen LogP contribution >= 0.6 is 0 Å². The Balaban J connectivity index is 1.66. The largest absolute Gasteiger partial charge is 0.466 e. The van der Waals surface area contributed by atoms with Gasteiger partial charge in [-0.1, -0.05) is 30.3 Å². The molecule has 0 radical (unpaired) electrons. The molecule has 1 aliphatic rings. The van der Waals surface area contributed by atoms with Gasteiger partial charge in [-0.15, -0.1) is 0 Å². The third kappa shape index (κ3) is 4.94. The summed E-state index contributed by atoms with van der Waals surface area (Å²) in [6.45, 7) is 9.06. The van der Waals surface area contributed by atoms with Crippen molar-refractivity contribution in [1.29, 1.82) is 0 Å². The van der Waals surface area contributed by atoms with Crippen LogP contribution < -0.4 is 9.80 Å². The van der Waals surface area contributed by atoms with Gasteiger partial charge in [0.1, 0.15) is 32.7 Å². The van der Waals surface area contributed by atoms with Crippen LogP contribution in [0, 0.1) is 0 Å². The normalized spacial score (nSPS) is 22.4. The molecule has 1 saturated heterocycles. The van der Waals surface area contributed by atoms with Crippen molar-refractivity contribution < 1.29 is 19.3 Å². The first kappa shape index (κ1) is 15.0. The van der Waals surface area contributed by atoms with Gasteiger partial charge >= 0.3 is 5.97 Å². The minimum absolute atomic E-state index is 0.0564. The van der Waals surface area contributed by atoms with Crippen molar-refractivity contribution in [2.45, 2.75) is 19.9 Å². The predicted molar refractivity (Wildman–Crippen MR) is 77.7 cm³/mol. The third-order valence-corrected chi connectivity index (χ3v) is 3.95. The highest BCUT2D eigenvalue weighted by Crippen LogP contribution is 1.95. The highest BCUT2D eigenvalue weighted by atomic mass is 16.5. The lowest BCUT2D eigenvalue weighted by Gasteiger charge is -2.29. The molecule has 1 aliphatic heterocycles. The van der Waals surface area contributed by atoms with Gasteiger partial charge in [0, 0.05) is 5.56 Å². The smallest absolute Gasteiger partial charge is 0.311 e. The van der Waals surface area contributed by atoms with E-state index in [4.69, 9.17) is 4.74 Å². The van der Waals surface area contributed by atoms with Crippen LogP contribution in [-0.4, -0.2) is 45.3 Å². The van der Waals surface area contributed by atoms with Crippen LogP contribution in [0.4, 0.5) is 0 Å². The quantitative estimate of drug-likeness (QED) is 0.650. The van der Waals surface area contributed by atoms with E-state index in [1.54, 1.807) is 4.90 Å². The molecular weight excluding hydrogens is 252 g/mol. The predicted octanol–water partition coefficient (Wildman–Crippen LogP) is -1.08. The van der Waals surface area contributed by atoms with Crippen LogP contribution in [0.25, 0.3) is 0 Å². The lowest BCUT2D eigenvalue weighted by Crippen LogP contribution is -3.27. The number of rotatable bonds is 6. The van der Waals surface area contributed by atoms with E-state index in [9.17, 15) is 4.79 Å². The van der Waals surface area contributed by atoms with E-state index in [0.29, 0.717) is 13.0 Å². The van der Waals surface area contributed by atoms with Gasteiger partial charge < -0.3 is 14.5 Å². The van der Waals surface area contributed by atoms with Crippen molar-refractivity contribution in [3.63, 3.8) is 0 Å². The van der Waals surface area contributed by atoms with Gasteiger partial charge in [-0.3, -0.25) is 4.79 Å². The Hall–Kier alpha value is -1.39. The maximum absolute atomic E-state index is 11.4. The average molecular weight is 278 g/mol. The molecule has 2 rings (SSSR count). The first-order valence-corrected chi connectivity index (χ1v) is 7.64. The molecule has 1 heterocycles. The second-order valence-corrected chi connectivity index (χ2v) is 5.47. The second-order valence-electron chi connectivity index (χ2n) is 5.47. The summed E-state index contributed by atoms with van der Waals surface area (Å²) in [5.74, 6) is -0.0564. The Morgan fingerprint density at radius 3 is 2.40 bits per heavy atom. The number of hydrogen-bond donors (Lipinski definition) is 2. The summed E-state index contributed by atoms with van der Waals surface area (Å²) < 4.78 is 4.98. The summed E-state index contributed by atoms with van der Waals surface area (Å²) in [6, 6.07) is 10.7. The van der Waals surface area contributed by atoms with Crippen molar-refractivity contribution in [3.8, 4) is 0 Å². The van der Waals surface area contributed by atoms with Gasteiger partial charge in [0.05, 0.1) is 19.6 Å². The number of piperazine rings is 1. The zero-order chi connectivity index (χ0) is 14.2. The molecule has 1 fully saturated rings. The zero-order valence-electron chi connectivity index (χ0n) is 12.4. The Morgan fingerprint density at radius 2 is 1.75 bits per heavy atom. The van der Waals surface area contributed by atoms with Crippen molar-refractivity contribution in [1.82, 2.24) is 0 Å². The van der Waals surface area contributed by atoms with E-state index < -0.39 is 0 Å². The Labute approximate surface area is 121 Å². The minimum atomic E-state index is -0.0564. The number of carbonyl (C=O) groups is 1. The fraction of sp³-hybridized carbons (Fsp3) is 0.562. The van der Waals surface area contributed by atoms with Crippen LogP contribution in [0.15, 0.2) is 30.3 Å². The van der Waals surface area contributed by atoms with Crippen molar-refractivity contribution in [3.05, 3.63) is 35.9 Å². The molecule has 0 unspecified atom stereocenters. The molecule has 0 spiro atoms. The topological polar surface area (TPSA) is 35.2 Å². The van der Waals surface area contributed by atoms with Crippen molar-refractivity contribution >= 4 is 5.97 Å². The highest BCUT2D eigenvalue weighted by molar-refractivity contribution is 5.69. The van der Waals surface area contributed by atoms with Crippen LogP contribution in [-0.2, 0) is 16.1 Å². The van der Waals surface area contributed by atoms with Gasteiger partial charge in [0.15, 0.2) is 0 Å². The second kappa shape index (κ2) is 8.02. The maximum atomic E-state index is 11.4. The van der Waals surface area contributed by atoms with E-state index >= 15 is 0 Å². The number of hydrogen-bond acceptors (Lipinski definition) is 2.